The van der Waals surface area contributed by atoms with E-state index < -0.39 is 0 Å². The molecule has 4 fully saturated rings. The van der Waals surface area contributed by atoms with Crippen LogP contribution < -0.4 is 5.32 Å². The number of nitrogens with zero attached hydrogens (tertiary/aromatic N) is 1. The number of H-pyrrole nitrogens is 1. The molecule has 1 amide bonds. The van der Waals surface area contributed by atoms with Gasteiger partial charge in [-0.2, -0.15) is 5.10 Å². The van der Waals surface area contributed by atoms with Crippen molar-refractivity contribution in [3.05, 3.63) is 29.7 Å². The zero-order valence-electron chi connectivity index (χ0n) is 14.0. The molecule has 2 heterocycles. The van der Waals surface area contributed by atoms with E-state index in [9.17, 15) is 4.79 Å². The summed E-state index contributed by atoms with van der Waals surface area (Å²) in [6.07, 6.45) is 7.58. The van der Waals surface area contributed by atoms with Gasteiger partial charge in [-0.05, 0) is 75.3 Å². The summed E-state index contributed by atoms with van der Waals surface area (Å²) in [6.45, 7) is 1.90. The minimum absolute atomic E-state index is 0.0201. The molecule has 5 heteroatoms. The summed E-state index contributed by atoms with van der Waals surface area (Å²) in [5.41, 5.74) is 1.22. The number of carbonyl (C=O) groups excluding carboxylic acids is 1. The van der Waals surface area contributed by atoms with E-state index in [2.05, 4.69) is 15.5 Å². The quantitative estimate of drug-likeness (QED) is 0.904. The van der Waals surface area contributed by atoms with Crippen molar-refractivity contribution < 1.29 is 9.21 Å². The summed E-state index contributed by atoms with van der Waals surface area (Å²) in [7, 11) is 0. The van der Waals surface area contributed by atoms with Crippen molar-refractivity contribution in [2.75, 3.05) is 0 Å². The smallest absolute Gasteiger partial charge is 0.272 e. The highest BCUT2D eigenvalue weighted by Crippen LogP contribution is 2.55. The van der Waals surface area contributed by atoms with Crippen molar-refractivity contribution in [1.82, 2.24) is 15.5 Å². The lowest BCUT2D eigenvalue weighted by Gasteiger charge is -2.56. The number of nitrogens with one attached hydrogen (secondary N) is 2. The average Bonchev–Trinajstić information content (AvgIpc) is 3.13. The summed E-state index contributed by atoms with van der Waals surface area (Å²) in [6, 6.07) is 5.59. The molecule has 126 valence electrons. The summed E-state index contributed by atoms with van der Waals surface area (Å²) in [4.78, 5) is 12.8. The first kappa shape index (κ1) is 14.3. The van der Waals surface area contributed by atoms with Crippen LogP contribution >= 0.6 is 0 Å². The standard InChI is InChI=1S/C19H23N3O2/c1-11-2-3-17(24-11)15-7-16(22-21-15)18(23)20-19-8-12-4-13(9-19)6-14(5-12)10-19/h2-3,7,12-14H,4-6,8-10H2,1H3,(H,20,23)(H,21,22). The minimum Gasteiger partial charge on any atom is -0.460 e. The number of rotatable bonds is 3. The van der Waals surface area contributed by atoms with Crippen LogP contribution in [0.4, 0.5) is 0 Å². The second kappa shape index (κ2) is 4.98. The third-order valence-corrected chi connectivity index (χ3v) is 6.23. The number of amides is 1. The number of furan rings is 1. The van der Waals surface area contributed by atoms with Gasteiger partial charge in [0.05, 0.1) is 0 Å². The molecule has 2 aromatic heterocycles. The zero-order valence-corrected chi connectivity index (χ0v) is 14.0. The van der Waals surface area contributed by atoms with Gasteiger partial charge in [0.25, 0.3) is 5.91 Å². The van der Waals surface area contributed by atoms with Gasteiger partial charge in [0.2, 0.25) is 0 Å². The molecular weight excluding hydrogens is 302 g/mol. The molecule has 0 aliphatic heterocycles. The normalized spacial score (nSPS) is 33.8. The lowest BCUT2D eigenvalue weighted by Crippen LogP contribution is -2.59. The van der Waals surface area contributed by atoms with Gasteiger partial charge < -0.3 is 9.73 Å². The third-order valence-electron chi connectivity index (χ3n) is 6.23. The fourth-order valence-electron chi connectivity index (χ4n) is 5.71. The maximum atomic E-state index is 12.8. The molecule has 2 aromatic rings. The van der Waals surface area contributed by atoms with Crippen molar-refractivity contribution in [2.24, 2.45) is 17.8 Å². The molecule has 0 radical (unpaired) electrons. The number of hydrogen-bond donors (Lipinski definition) is 2. The van der Waals surface area contributed by atoms with Gasteiger partial charge in [-0.25, -0.2) is 0 Å². The zero-order chi connectivity index (χ0) is 16.3. The number of carbonyl (C=O) groups is 1. The Morgan fingerprint density at radius 1 is 1.21 bits per heavy atom. The second-order valence-corrected chi connectivity index (χ2v) is 8.23. The van der Waals surface area contributed by atoms with E-state index in [1.54, 1.807) is 6.07 Å². The Morgan fingerprint density at radius 3 is 2.46 bits per heavy atom. The van der Waals surface area contributed by atoms with Gasteiger partial charge in [0.15, 0.2) is 11.5 Å². The molecule has 6 rings (SSSR count). The molecule has 5 nitrogen and oxygen atoms in total. The predicted molar refractivity (Wildman–Crippen MR) is 89.4 cm³/mol. The molecule has 4 saturated carbocycles. The molecule has 24 heavy (non-hydrogen) atoms. The summed E-state index contributed by atoms with van der Waals surface area (Å²) in [5, 5.41) is 10.5. The van der Waals surface area contributed by atoms with Crippen molar-refractivity contribution in [3.8, 4) is 11.5 Å². The van der Waals surface area contributed by atoms with Crippen molar-refractivity contribution in [3.63, 3.8) is 0 Å². The van der Waals surface area contributed by atoms with Crippen LogP contribution in [-0.2, 0) is 0 Å². The molecule has 0 aromatic carbocycles. The Hall–Kier alpha value is -2.04. The van der Waals surface area contributed by atoms with E-state index in [-0.39, 0.29) is 11.4 Å². The molecule has 0 unspecified atom stereocenters. The van der Waals surface area contributed by atoms with E-state index in [0.29, 0.717) is 11.5 Å². The molecular formula is C19H23N3O2. The van der Waals surface area contributed by atoms with Crippen LogP contribution in [0.15, 0.2) is 22.6 Å². The Balaban J connectivity index is 1.35. The van der Waals surface area contributed by atoms with Crippen LogP contribution in [0.3, 0.4) is 0 Å². The Kier molecular flexibility index (Phi) is 2.97. The van der Waals surface area contributed by atoms with E-state index in [4.69, 9.17) is 4.42 Å². The largest absolute Gasteiger partial charge is 0.460 e. The minimum atomic E-state index is -0.0530. The first-order valence-corrected chi connectivity index (χ1v) is 9.03. The van der Waals surface area contributed by atoms with Crippen LogP contribution in [0.5, 0.6) is 0 Å². The molecule has 0 saturated heterocycles. The van der Waals surface area contributed by atoms with Gasteiger partial charge in [-0.3, -0.25) is 9.89 Å². The fraction of sp³-hybridized carbons (Fsp3) is 0.579. The maximum Gasteiger partial charge on any atom is 0.272 e. The van der Waals surface area contributed by atoms with Gasteiger partial charge >= 0.3 is 0 Å². The van der Waals surface area contributed by atoms with Crippen LogP contribution in [-0.4, -0.2) is 21.6 Å². The van der Waals surface area contributed by atoms with E-state index >= 15 is 0 Å². The summed E-state index contributed by atoms with van der Waals surface area (Å²) in [5.74, 6) is 3.96. The first-order valence-electron chi connectivity index (χ1n) is 9.03. The topological polar surface area (TPSA) is 70.9 Å². The van der Waals surface area contributed by atoms with Crippen molar-refractivity contribution in [1.29, 1.82) is 0 Å². The van der Waals surface area contributed by atoms with Gasteiger partial charge in [0.1, 0.15) is 11.5 Å². The Labute approximate surface area is 141 Å². The van der Waals surface area contributed by atoms with Crippen LogP contribution in [0, 0.1) is 24.7 Å². The van der Waals surface area contributed by atoms with E-state index in [0.717, 1.165) is 48.5 Å². The van der Waals surface area contributed by atoms with Crippen LogP contribution in [0.2, 0.25) is 0 Å². The number of aromatic nitrogens is 2. The second-order valence-electron chi connectivity index (χ2n) is 8.23. The highest BCUT2D eigenvalue weighted by Gasteiger charge is 2.51. The lowest BCUT2D eigenvalue weighted by atomic mass is 9.53. The monoisotopic (exact) mass is 325 g/mol. The summed E-state index contributed by atoms with van der Waals surface area (Å²) >= 11 is 0. The maximum absolute atomic E-state index is 12.8. The molecule has 4 aliphatic rings. The van der Waals surface area contributed by atoms with Gasteiger partial charge in [-0.1, -0.05) is 0 Å². The predicted octanol–water partition coefficient (Wildman–Crippen LogP) is 3.68. The highest BCUT2D eigenvalue weighted by molar-refractivity contribution is 5.93. The molecule has 4 aliphatic carbocycles. The van der Waals surface area contributed by atoms with Gasteiger partial charge in [-0.15, -0.1) is 0 Å². The molecule has 0 atom stereocenters. The van der Waals surface area contributed by atoms with Crippen molar-refractivity contribution in [2.45, 2.75) is 51.0 Å². The molecule has 4 bridgehead atoms. The fourth-order valence-corrected chi connectivity index (χ4v) is 5.71. The number of aryl methyl sites for hydroxylation is 1. The average molecular weight is 325 g/mol. The lowest BCUT2D eigenvalue weighted by molar-refractivity contribution is -0.0167. The Morgan fingerprint density at radius 2 is 1.88 bits per heavy atom. The van der Waals surface area contributed by atoms with Gasteiger partial charge in [0, 0.05) is 11.6 Å². The Bertz CT molecular complexity index is 753. The molecule has 0 spiro atoms. The van der Waals surface area contributed by atoms with Crippen molar-refractivity contribution >= 4 is 5.91 Å². The van der Waals surface area contributed by atoms with Crippen LogP contribution in [0.1, 0.15) is 54.8 Å². The number of aromatic amines is 1. The first-order chi connectivity index (χ1) is 11.6. The highest BCUT2D eigenvalue weighted by atomic mass is 16.3. The van der Waals surface area contributed by atoms with E-state index in [1.165, 1.54) is 19.3 Å². The summed E-state index contributed by atoms with van der Waals surface area (Å²) < 4.78 is 5.59. The van der Waals surface area contributed by atoms with E-state index in [1.807, 2.05) is 19.1 Å². The third kappa shape index (κ3) is 2.29. The molecule has 2 N–H and O–H groups in total. The SMILES string of the molecule is Cc1ccc(-c2cc(C(=O)NC34CC5CC(CC(C5)C3)C4)n[nH]2)o1. The number of hydrogen-bond acceptors (Lipinski definition) is 3. The van der Waals surface area contributed by atoms with Crippen LogP contribution in [0.25, 0.3) is 11.5 Å².